The van der Waals surface area contributed by atoms with Gasteiger partial charge in [-0.1, -0.05) is 0 Å². The number of aromatic carboxylic acids is 1. The van der Waals surface area contributed by atoms with Crippen LogP contribution in [0.2, 0.25) is 0 Å². The number of hydrogen-bond donors (Lipinski definition) is 1. The van der Waals surface area contributed by atoms with Crippen molar-refractivity contribution in [1.29, 1.82) is 0 Å². The zero-order valence-corrected chi connectivity index (χ0v) is 8.02. The Kier molecular flexibility index (Phi) is 3.44. The highest BCUT2D eigenvalue weighted by Gasteiger charge is 2.14. The van der Waals surface area contributed by atoms with Gasteiger partial charge in [0.2, 0.25) is 0 Å². The first kappa shape index (κ1) is 12.0. The van der Waals surface area contributed by atoms with E-state index in [1.54, 1.807) is 0 Å². The second-order valence-electron chi connectivity index (χ2n) is 2.60. The first-order chi connectivity index (χ1) is 7.45. The summed E-state index contributed by atoms with van der Waals surface area (Å²) in [5.74, 6) is -1.80. The molecule has 0 saturated heterocycles. The molecule has 1 rings (SSSR count). The average Bonchev–Trinajstić information content (AvgIpc) is 2.20. The lowest BCUT2D eigenvalue weighted by molar-refractivity contribution is -0.136. The largest absolute Gasteiger partial charge is 0.491 e. The Balaban J connectivity index is 3.30. The van der Waals surface area contributed by atoms with Crippen molar-refractivity contribution in [1.82, 2.24) is 4.73 Å². The molecule has 0 amide bonds. The molecule has 0 spiro atoms. The number of alkyl halides is 2. The van der Waals surface area contributed by atoms with Crippen LogP contribution >= 0.6 is 0 Å². The van der Waals surface area contributed by atoms with E-state index >= 15 is 0 Å². The van der Waals surface area contributed by atoms with E-state index in [-0.39, 0.29) is 4.73 Å². The van der Waals surface area contributed by atoms with Gasteiger partial charge < -0.3 is 14.7 Å². The van der Waals surface area contributed by atoms with Crippen LogP contribution in [0.15, 0.2) is 17.1 Å². The summed E-state index contributed by atoms with van der Waals surface area (Å²) >= 11 is 0. The van der Waals surface area contributed by atoms with Crippen LogP contribution in [0.1, 0.15) is 10.4 Å². The lowest BCUT2D eigenvalue weighted by Gasteiger charge is -2.09. The molecule has 0 aliphatic heterocycles. The van der Waals surface area contributed by atoms with E-state index in [9.17, 15) is 18.4 Å². The van der Waals surface area contributed by atoms with Crippen molar-refractivity contribution >= 4 is 5.97 Å². The summed E-state index contributed by atoms with van der Waals surface area (Å²) in [6.07, 6.45) is 0.638. The smallest absolute Gasteiger partial charge is 0.405 e. The number of nitrogens with zero attached hydrogens (tertiary/aromatic N) is 1. The second-order valence-corrected chi connectivity index (χ2v) is 2.60. The van der Waals surface area contributed by atoms with E-state index in [4.69, 9.17) is 5.11 Å². The van der Waals surface area contributed by atoms with E-state index in [0.29, 0.717) is 6.20 Å². The minimum absolute atomic E-state index is 0.118. The fourth-order valence-electron chi connectivity index (χ4n) is 0.961. The SMILES string of the molecule is COc1cc(C(=O)O)cn(OC(F)F)c1=O. The molecule has 0 bridgehead atoms. The second kappa shape index (κ2) is 4.60. The fourth-order valence-corrected chi connectivity index (χ4v) is 0.961. The number of carboxylic acid groups (broad SMARTS) is 1. The Morgan fingerprint density at radius 1 is 1.56 bits per heavy atom. The van der Waals surface area contributed by atoms with Gasteiger partial charge in [-0.2, -0.15) is 8.78 Å². The molecule has 0 unspecified atom stereocenters. The maximum absolute atomic E-state index is 11.9. The van der Waals surface area contributed by atoms with Crippen molar-refractivity contribution in [2.75, 3.05) is 7.11 Å². The number of aromatic nitrogens is 1. The van der Waals surface area contributed by atoms with Crippen LogP contribution in [0.5, 0.6) is 5.75 Å². The van der Waals surface area contributed by atoms with Gasteiger partial charge in [-0.15, -0.1) is 4.73 Å². The predicted molar refractivity (Wildman–Crippen MR) is 46.8 cm³/mol. The maximum atomic E-state index is 11.9. The molecular weight excluding hydrogens is 228 g/mol. The highest BCUT2D eigenvalue weighted by molar-refractivity contribution is 5.87. The molecule has 6 nitrogen and oxygen atoms in total. The van der Waals surface area contributed by atoms with Gasteiger partial charge in [0.15, 0.2) is 5.75 Å². The third kappa shape index (κ3) is 2.47. The van der Waals surface area contributed by atoms with Gasteiger partial charge in [0.05, 0.1) is 18.9 Å². The fraction of sp³-hybridized carbons (Fsp3) is 0.250. The molecule has 0 saturated carbocycles. The molecule has 1 aromatic rings. The van der Waals surface area contributed by atoms with E-state index in [1.165, 1.54) is 0 Å². The summed E-state index contributed by atoms with van der Waals surface area (Å²) in [6, 6.07) is 0.913. The number of hydrogen-bond acceptors (Lipinski definition) is 4. The van der Waals surface area contributed by atoms with Crippen LogP contribution in [-0.2, 0) is 0 Å². The Bertz CT molecular complexity index is 456. The Morgan fingerprint density at radius 2 is 2.19 bits per heavy atom. The highest BCUT2D eigenvalue weighted by Crippen LogP contribution is 2.07. The topological polar surface area (TPSA) is 77.8 Å². The standard InChI is InChI=1S/C8H7F2NO5/c1-15-5-2-4(7(13)14)3-11(6(5)12)16-8(9)10/h2-3,8H,1H3,(H,13,14). The Morgan fingerprint density at radius 3 is 2.62 bits per heavy atom. The van der Waals surface area contributed by atoms with Crippen molar-refractivity contribution in [3.8, 4) is 5.75 Å². The summed E-state index contributed by atoms with van der Waals surface area (Å²) in [7, 11) is 1.11. The molecule has 1 N–H and O–H groups in total. The minimum Gasteiger partial charge on any atom is -0.491 e. The average molecular weight is 235 g/mol. The minimum atomic E-state index is -3.24. The van der Waals surface area contributed by atoms with Gasteiger partial charge in [-0.25, -0.2) is 4.79 Å². The van der Waals surface area contributed by atoms with Crippen LogP contribution in [-0.4, -0.2) is 29.5 Å². The summed E-state index contributed by atoms with van der Waals surface area (Å²) in [6.45, 7) is -3.24. The molecule has 1 heterocycles. The molecule has 8 heteroatoms. The van der Waals surface area contributed by atoms with Crippen molar-refractivity contribution in [3.63, 3.8) is 0 Å². The molecular formula is C8H7F2NO5. The van der Waals surface area contributed by atoms with Crippen molar-refractivity contribution in [3.05, 3.63) is 28.2 Å². The molecule has 0 aliphatic rings. The summed E-state index contributed by atoms with van der Waals surface area (Å²) in [4.78, 5) is 25.7. The van der Waals surface area contributed by atoms with Crippen molar-refractivity contribution in [2.24, 2.45) is 0 Å². The summed E-state index contributed by atoms with van der Waals surface area (Å²) in [5, 5.41) is 8.64. The molecule has 16 heavy (non-hydrogen) atoms. The number of pyridine rings is 1. The predicted octanol–water partition coefficient (Wildman–Crippen LogP) is 0.206. The van der Waals surface area contributed by atoms with Crippen LogP contribution in [0, 0.1) is 0 Å². The summed E-state index contributed by atoms with van der Waals surface area (Å²) < 4.78 is 28.5. The maximum Gasteiger partial charge on any atom is 0.405 e. The van der Waals surface area contributed by atoms with Crippen molar-refractivity contribution < 1.29 is 28.3 Å². The molecule has 0 aromatic carbocycles. The lowest BCUT2D eigenvalue weighted by Crippen LogP contribution is -2.30. The number of carboxylic acids is 1. The Labute approximate surface area is 87.6 Å². The lowest BCUT2D eigenvalue weighted by atomic mass is 10.3. The van der Waals surface area contributed by atoms with Crippen LogP contribution in [0.25, 0.3) is 0 Å². The quantitative estimate of drug-likeness (QED) is 0.806. The molecule has 0 atom stereocenters. The third-order valence-electron chi connectivity index (χ3n) is 1.61. The third-order valence-corrected chi connectivity index (χ3v) is 1.61. The van der Waals surface area contributed by atoms with Gasteiger partial charge in [0, 0.05) is 6.07 Å². The van der Waals surface area contributed by atoms with Gasteiger partial charge in [-0.3, -0.25) is 4.79 Å². The number of methoxy groups -OCH3 is 1. The first-order valence-corrected chi connectivity index (χ1v) is 3.95. The molecule has 0 fully saturated rings. The monoisotopic (exact) mass is 235 g/mol. The van der Waals surface area contributed by atoms with E-state index in [1.807, 2.05) is 0 Å². The van der Waals surface area contributed by atoms with Gasteiger partial charge in [-0.05, 0) is 0 Å². The zero-order valence-electron chi connectivity index (χ0n) is 8.02. The first-order valence-electron chi connectivity index (χ1n) is 3.95. The van der Waals surface area contributed by atoms with E-state index in [0.717, 1.165) is 13.2 Å². The van der Waals surface area contributed by atoms with E-state index < -0.39 is 29.5 Å². The van der Waals surface area contributed by atoms with Gasteiger partial charge in [0.25, 0.3) is 0 Å². The number of ether oxygens (including phenoxy) is 1. The summed E-state index contributed by atoms with van der Waals surface area (Å²) in [5.41, 5.74) is -1.41. The van der Waals surface area contributed by atoms with E-state index in [2.05, 4.69) is 9.57 Å². The molecule has 0 aliphatic carbocycles. The number of carbonyl (C=O) groups is 1. The highest BCUT2D eigenvalue weighted by atomic mass is 19.3. The van der Waals surface area contributed by atoms with Crippen LogP contribution in [0.3, 0.4) is 0 Å². The molecule has 88 valence electrons. The number of halogens is 2. The molecule has 1 aromatic heterocycles. The van der Waals surface area contributed by atoms with Crippen LogP contribution in [0.4, 0.5) is 8.78 Å². The normalized spacial score (nSPS) is 10.2. The Hall–Kier alpha value is -2.12. The zero-order chi connectivity index (χ0) is 12.3. The van der Waals surface area contributed by atoms with Gasteiger partial charge >= 0.3 is 18.1 Å². The van der Waals surface area contributed by atoms with Crippen molar-refractivity contribution in [2.45, 2.75) is 6.61 Å². The molecule has 0 radical (unpaired) electrons. The van der Waals surface area contributed by atoms with Crippen LogP contribution < -0.4 is 15.1 Å². The van der Waals surface area contributed by atoms with Gasteiger partial charge in [0.1, 0.15) is 0 Å². The number of rotatable bonds is 4.